The van der Waals surface area contributed by atoms with E-state index < -0.39 is 12.1 Å². The van der Waals surface area contributed by atoms with Crippen LogP contribution < -0.4 is 10.6 Å². The monoisotopic (exact) mass is 518 g/mol. The number of hydrogen-bond acceptors (Lipinski definition) is 9. The summed E-state index contributed by atoms with van der Waals surface area (Å²) < 4.78 is 4.76. The molecule has 0 spiro atoms. The minimum Gasteiger partial charge on any atom is -0.433 e. The molecule has 1 saturated heterocycles. The van der Waals surface area contributed by atoms with E-state index in [0.29, 0.717) is 44.4 Å². The van der Waals surface area contributed by atoms with Gasteiger partial charge in [0, 0.05) is 31.3 Å². The number of hydroxylamine groups is 2. The van der Waals surface area contributed by atoms with E-state index in [0.717, 1.165) is 11.1 Å². The average Bonchev–Trinajstić information content (AvgIpc) is 2.96. The van der Waals surface area contributed by atoms with Crippen LogP contribution >= 0.6 is 0 Å². The highest BCUT2D eigenvalue weighted by Gasteiger charge is 2.24. The molecule has 11 nitrogen and oxygen atoms in total. The molecular weight excluding hydrogens is 488 g/mol. The molecule has 0 atom stereocenters. The third-order valence-corrected chi connectivity index (χ3v) is 5.76. The molecule has 2 heterocycles. The molecule has 0 bridgehead atoms. The summed E-state index contributed by atoms with van der Waals surface area (Å²) in [5.74, 6) is 0.175. The zero-order chi connectivity index (χ0) is 26.7. The Bertz CT molecular complexity index is 1230. The summed E-state index contributed by atoms with van der Waals surface area (Å²) in [7, 11) is 0. The van der Waals surface area contributed by atoms with Gasteiger partial charge in [0.25, 0.3) is 5.91 Å². The van der Waals surface area contributed by atoms with Crippen LogP contribution in [0.5, 0.6) is 0 Å². The number of piperazine rings is 1. The Morgan fingerprint density at radius 3 is 2.29 bits per heavy atom. The second-order valence-electron chi connectivity index (χ2n) is 8.43. The van der Waals surface area contributed by atoms with Crippen LogP contribution in [0.2, 0.25) is 0 Å². The molecule has 1 fully saturated rings. The molecule has 38 heavy (non-hydrogen) atoms. The highest BCUT2D eigenvalue weighted by Crippen LogP contribution is 2.18. The van der Waals surface area contributed by atoms with Crippen molar-refractivity contribution in [3.63, 3.8) is 0 Å². The van der Waals surface area contributed by atoms with Gasteiger partial charge in [0.05, 0.1) is 26.2 Å². The van der Waals surface area contributed by atoms with Crippen LogP contribution in [0.4, 0.5) is 10.6 Å². The van der Waals surface area contributed by atoms with Crippen molar-refractivity contribution in [1.82, 2.24) is 25.2 Å². The maximum atomic E-state index is 13.0. The van der Waals surface area contributed by atoms with Gasteiger partial charge < -0.3 is 25.1 Å². The summed E-state index contributed by atoms with van der Waals surface area (Å²) in [6.45, 7) is 3.66. The lowest BCUT2D eigenvalue weighted by atomic mass is 10.2. The molecule has 1 aromatic heterocycles. The van der Waals surface area contributed by atoms with E-state index in [1.807, 2.05) is 60.7 Å². The van der Waals surface area contributed by atoms with Crippen molar-refractivity contribution in [2.24, 2.45) is 0 Å². The second kappa shape index (κ2) is 13.2. The van der Waals surface area contributed by atoms with Crippen molar-refractivity contribution < 1.29 is 24.0 Å². The van der Waals surface area contributed by atoms with Gasteiger partial charge >= 0.3 is 6.16 Å². The van der Waals surface area contributed by atoms with E-state index in [4.69, 9.17) is 9.57 Å². The number of amides is 2. The number of nitrogens with zero attached hydrogens (tertiary/aromatic N) is 4. The first kappa shape index (κ1) is 26.6. The van der Waals surface area contributed by atoms with Gasteiger partial charge in [-0.25, -0.2) is 14.8 Å². The Kier molecular flexibility index (Phi) is 9.19. The molecule has 0 saturated carbocycles. The van der Waals surface area contributed by atoms with E-state index in [9.17, 15) is 14.4 Å². The maximum Gasteiger partial charge on any atom is 0.527 e. The zero-order valence-corrected chi connectivity index (χ0v) is 21.1. The first-order valence-corrected chi connectivity index (χ1v) is 12.4. The van der Waals surface area contributed by atoms with Gasteiger partial charge in [-0.15, -0.1) is 5.06 Å². The van der Waals surface area contributed by atoms with Crippen molar-refractivity contribution in [1.29, 1.82) is 0 Å². The number of hydrogen-bond donors (Lipinski definition) is 2. The molecule has 0 unspecified atom stereocenters. The zero-order valence-electron chi connectivity index (χ0n) is 21.1. The lowest BCUT2D eigenvalue weighted by Crippen LogP contribution is -2.51. The van der Waals surface area contributed by atoms with Crippen molar-refractivity contribution in [3.8, 4) is 11.4 Å². The van der Waals surface area contributed by atoms with Crippen LogP contribution in [0.25, 0.3) is 11.4 Å². The maximum absolute atomic E-state index is 13.0. The third-order valence-electron chi connectivity index (χ3n) is 5.76. The Balaban J connectivity index is 1.37. The van der Waals surface area contributed by atoms with E-state index >= 15 is 0 Å². The minimum atomic E-state index is -0.767. The molecule has 2 aromatic carbocycles. The second-order valence-corrected chi connectivity index (χ2v) is 8.43. The summed E-state index contributed by atoms with van der Waals surface area (Å²) in [4.78, 5) is 52.9. The van der Waals surface area contributed by atoms with Gasteiger partial charge in [-0.3, -0.25) is 9.59 Å². The predicted octanol–water partition coefficient (Wildman–Crippen LogP) is 2.72. The Morgan fingerprint density at radius 2 is 1.61 bits per heavy atom. The standard InChI is InChI=1S/C27H30N6O5/c1-2-37-27(36)38-33-15-13-32(14-16-33)24(34)19-29-26(35)22-17-23(28-18-20-9-5-3-6-10-20)31-25(30-22)21-11-7-4-8-12-21/h3-12,17H,2,13-16,18-19H2,1H3,(H,29,35)(H,28,30,31). The molecular formula is C27H30N6O5. The number of anilines is 1. The van der Waals surface area contributed by atoms with Gasteiger partial charge in [0.15, 0.2) is 5.82 Å². The van der Waals surface area contributed by atoms with Crippen molar-refractivity contribution in [3.05, 3.63) is 78.0 Å². The average molecular weight is 519 g/mol. The highest BCUT2D eigenvalue weighted by molar-refractivity contribution is 5.95. The molecule has 4 rings (SSSR count). The summed E-state index contributed by atoms with van der Waals surface area (Å²) in [5, 5.41) is 7.38. The van der Waals surface area contributed by atoms with Gasteiger partial charge in [0.2, 0.25) is 5.91 Å². The van der Waals surface area contributed by atoms with Crippen LogP contribution in [0, 0.1) is 0 Å². The normalized spacial score (nSPS) is 13.4. The number of nitrogens with one attached hydrogen (secondary N) is 2. The largest absolute Gasteiger partial charge is 0.527 e. The molecule has 0 aliphatic carbocycles. The van der Waals surface area contributed by atoms with Crippen LogP contribution in [0.15, 0.2) is 66.7 Å². The topological polar surface area (TPSA) is 126 Å². The predicted molar refractivity (Wildman–Crippen MR) is 140 cm³/mol. The van der Waals surface area contributed by atoms with Crippen molar-refractivity contribution in [2.45, 2.75) is 13.5 Å². The first-order valence-electron chi connectivity index (χ1n) is 12.4. The molecule has 2 amide bonds. The number of rotatable bonds is 9. The molecule has 1 aliphatic heterocycles. The van der Waals surface area contributed by atoms with Gasteiger partial charge in [-0.05, 0) is 12.5 Å². The number of benzene rings is 2. The van der Waals surface area contributed by atoms with Crippen LogP contribution in [0.1, 0.15) is 23.0 Å². The fourth-order valence-electron chi connectivity index (χ4n) is 3.80. The first-order chi connectivity index (χ1) is 18.5. The van der Waals surface area contributed by atoms with E-state index in [-0.39, 0.29) is 24.8 Å². The summed E-state index contributed by atoms with van der Waals surface area (Å²) in [6.07, 6.45) is -0.767. The smallest absolute Gasteiger partial charge is 0.433 e. The Hall–Kier alpha value is -4.51. The molecule has 2 N–H and O–H groups in total. The lowest BCUT2D eigenvalue weighted by molar-refractivity contribution is -0.155. The van der Waals surface area contributed by atoms with E-state index in [2.05, 4.69) is 20.6 Å². The number of carbonyl (C=O) groups excluding carboxylic acids is 3. The van der Waals surface area contributed by atoms with Crippen LogP contribution in [-0.2, 0) is 20.9 Å². The third kappa shape index (κ3) is 7.50. The number of carbonyl (C=O) groups is 3. The lowest BCUT2D eigenvalue weighted by Gasteiger charge is -2.33. The summed E-state index contributed by atoms with van der Waals surface area (Å²) in [6, 6.07) is 20.8. The highest BCUT2D eigenvalue weighted by atomic mass is 16.8. The molecule has 1 aliphatic rings. The number of ether oxygens (including phenoxy) is 1. The van der Waals surface area contributed by atoms with Crippen molar-refractivity contribution in [2.75, 3.05) is 44.6 Å². The number of aromatic nitrogens is 2. The molecule has 3 aromatic rings. The van der Waals surface area contributed by atoms with Crippen LogP contribution in [-0.4, -0.2) is 77.2 Å². The molecule has 0 radical (unpaired) electrons. The van der Waals surface area contributed by atoms with E-state index in [1.54, 1.807) is 17.9 Å². The summed E-state index contributed by atoms with van der Waals surface area (Å²) in [5.41, 5.74) is 1.98. The quantitative estimate of drug-likeness (QED) is 0.411. The van der Waals surface area contributed by atoms with Crippen LogP contribution in [0.3, 0.4) is 0 Å². The summed E-state index contributed by atoms with van der Waals surface area (Å²) >= 11 is 0. The van der Waals surface area contributed by atoms with Gasteiger partial charge in [-0.1, -0.05) is 60.7 Å². The van der Waals surface area contributed by atoms with Gasteiger partial charge in [-0.2, -0.15) is 0 Å². The van der Waals surface area contributed by atoms with E-state index in [1.165, 1.54) is 5.06 Å². The molecule has 11 heteroatoms. The Morgan fingerprint density at radius 1 is 0.921 bits per heavy atom. The van der Waals surface area contributed by atoms with Crippen molar-refractivity contribution >= 4 is 23.8 Å². The SMILES string of the molecule is CCOC(=O)ON1CCN(C(=O)CNC(=O)c2cc(NCc3ccccc3)nc(-c3ccccc3)n2)CC1. The minimum absolute atomic E-state index is 0.148. The fraction of sp³-hybridized carbons (Fsp3) is 0.296. The molecule has 198 valence electrons. The fourth-order valence-corrected chi connectivity index (χ4v) is 3.80. The Labute approximate surface area is 220 Å². The van der Waals surface area contributed by atoms with Gasteiger partial charge in [0.1, 0.15) is 11.5 Å².